The quantitative estimate of drug-likeness (QED) is 0.336. The fraction of sp³-hybridized carbons (Fsp3) is 0.0714. The zero-order valence-corrected chi connectivity index (χ0v) is 18.2. The molecular weight excluding hydrogens is 383 g/mol. The molecule has 2 heteroatoms. The molecule has 0 saturated carbocycles. The molecule has 0 fully saturated rings. The van der Waals surface area contributed by atoms with E-state index in [2.05, 4.69) is 62.4 Å². The van der Waals surface area contributed by atoms with Gasteiger partial charge in [0.15, 0.2) is 7.14 Å². The maximum absolute atomic E-state index is 14.6. The number of benzene rings is 4. The fourth-order valence-electron chi connectivity index (χ4n) is 3.56. The molecule has 0 spiro atoms. The van der Waals surface area contributed by atoms with Crippen molar-refractivity contribution in [2.75, 3.05) is 0 Å². The molecule has 1 nitrogen and oxygen atoms in total. The highest BCUT2D eigenvalue weighted by Gasteiger charge is 2.26. The van der Waals surface area contributed by atoms with Crippen LogP contribution < -0.4 is 10.6 Å². The van der Waals surface area contributed by atoms with E-state index in [9.17, 15) is 4.57 Å². The van der Waals surface area contributed by atoms with E-state index in [1.807, 2.05) is 66.5 Å². The Balaban J connectivity index is 1.98. The first-order valence-electron chi connectivity index (χ1n) is 10.1. The zero-order valence-electron chi connectivity index (χ0n) is 17.3. The van der Waals surface area contributed by atoms with Crippen molar-refractivity contribution in [3.05, 3.63) is 137 Å². The minimum Gasteiger partial charge on any atom is -0.309 e. The van der Waals surface area contributed by atoms with Gasteiger partial charge in [0.25, 0.3) is 0 Å². The predicted octanol–water partition coefficient (Wildman–Crippen LogP) is 6.71. The van der Waals surface area contributed by atoms with Crippen molar-refractivity contribution in [3.63, 3.8) is 0 Å². The minimum absolute atomic E-state index is 0.841. The van der Waals surface area contributed by atoms with Gasteiger partial charge in [-0.25, -0.2) is 0 Å². The summed E-state index contributed by atoms with van der Waals surface area (Å²) in [4.78, 5) is 0. The largest absolute Gasteiger partial charge is 0.309 e. The van der Waals surface area contributed by atoms with E-state index in [4.69, 9.17) is 0 Å². The highest BCUT2D eigenvalue weighted by atomic mass is 31.2. The van der Waals surface area contributed by atoms with Gasteiger partial charge < -0.3 is 4.57 Å². The second-order valence-electron chi connectivity index (χ2n) is 7.60. The maximum Gasteiger partial charge on any atom is 0.164 e. The standard InChI is InChI=1S/C28H25OP/c1-22-13-17-24(18-14-22)28(25-19-15-23(2)16-20-25)21-30(29,26-9-5-3-6-10-26)27-11-7-4-8-12-27/h3-21H,1-2H3. The first-order valence-corrected chi connectivity index (χ1v) is 11.9. The molecule has 0 heterocycles. The normalized spacial score (nSPS) is 11.1. The summed E-state index contributed by atoms with van der Waals surface area (Å²) < 4.78 is 14.6. The van der Waals surface area contributed by atoms with Crippen molar-refractivity contribution in [2.45, 2.75) is 13.8 Å². The zero-order chi connectivity index (χ0) is 21.0. The van der Waals surface area contributed by atoms with Crippen LogP contribution in [0.3, 0.4) is 0 Å². The third-order valence-corrected chi connectivity index (χ3v) is 8.07. The maximum atomic E-state index is 14.6. The summed E-state index contributed by atoms with van der Waals surface area (Å²) in [6.07, 6.45) is 0. The van der Waals surface area contributed by atoms with E-state index in [1.54, 1.807) is 0 Å². The molecule has 0 radical (unpaired) electrons. The Morgan fingerprint density at radius 2 is 0.933 bits per heavy atom. The molecule has 148 valence electrons. The lowest BCUT2D eigenvalue weighted by atomic mass is 9.98. The summed E-state index contributed by atoms with van der Waals surface area (Å²) in [7, 11) is -3.00. The highest BCUT2D eigenvalue weighted by molar-refractivity contribution is 7.81. The van der Waals surface area contributed by atoms with Gasteiger partial charge in [0.05, 0.1) is 0 Å². The molecule has 4 rings (SSSR count). The fourth-order valence-corrected chi connectivity index (χ4v) is 6.05. The summed E-state index contributed by atoms with van der Waals surface area (Å²) in [5.74, 6) is 1.99. The van der Waals surface area contributed by atoms with Gasteiger partial charge in [-0.3, -0.25) is 0 Å². The van der Waals surface area contributed by atoms with Crippen LogP contribution in [0.25, 0.3) is 5.57 Å². The Bertz CT molecular complexity index is 1100. The van der Waals surface area contributed by atoms with Crippen molar-refractivity contribution in [1.29, 1.82) is 0 Å². The van der Waals surface area contributed by atoms with E-state index in [0.29, 0.717) is 0 Å². The van der Waals surface area contributed by atoms with E-state index in [0.717, 1.165) is 27.3 Å². The molecule has 0 amide bonds. The second kappa shape index (κ2) is 8.69. The van der Waals surface area contributed by atoms with Gasteiger partial charge in [-0.1, -0.05) is 120 Å². The van der Waals surface area contributed by atoms with Crippen LogP contribution in [0.1, 0.15) is 22.3 Å². The SMILES string of the molecule is Cc1ccc(C(=CP(=O)(c2ccccc2)c2ccccc2)c2ccc(C)cc2)cc1. The summed E-state index contributed by atoms with van der Waals surface area (Å²) in [6.45, 7) is 4.16. The Kier molecular flexibility index (Phi) is 5.84. The first kappa shape index (κ1) is 20.1. The van der Waals surface area contributed by atoms with Gasteiger partial charge in [-0.05, 0) is 36.4 Å². The Morgan fingerprint density at radius 1 is 0.567 bits per heavy atom. The topological polar surface area (TPSA) is 17.1 Å². The first-order chi connectivity index (χ1) is 14.6. The number of aryl methyl sites for hydroxylation is 2. The summed E-state index contributed by atoms with van der Waals surface area (Å²) in [5, 5.41) is 1.68. The van der Waals surface area contributed by atoms with Crippen LogP contribution in [0.4, 0.5) is 0 Å². The lowest BCUT2D eigenvalue weighted by Crippen LogP contribution is -2.14. The molecule has 30 heavy (non-hydrogen) atoms. The van der Waals surface area contributed by atoms with Crippen LogP contribution in [0, 0.1) is 13.8 Å². The predicted molar refractivity (Wildman–Crippen MR) is 129 cm³/mol. The van der Waals surface area contributed by atoms with E-state index >= 15 is 0 Å². The third kappa shape index (κ3) is 4.22. The van der Waals surface area contributed by atoms with Crippen molar-refractivity contribution < 1.29 is 4.57 Å². The molecule has 0 atom stereocenters. The molecule has 0 aromatic heterocycles. The molecule has 0 saturated heterocycles. The van der Waals surface area contributed by atoms with Crippen LogP contribution >= 0.6 is 7.14 Å². The molecule has 0 unspecified atom stereocenters. The van der Waals surface area contributed by atoms with Gasteiger partial charge >= 0.3 is 0 Å². The van der Waals surface area contributed by atoms with Gasteiger partial charge in [-0.2, -0.15) is 0 Å². The van der Waals surface area contributed by atoms with Gasteiger partial charge in [-0.15, -0.1) is 0 Å². The van der Waals surface area contributed by atoms with Crippen LogP contribution in [0.2, 0.25) is 0 Å². The molecule has 4 aromatic rings. The molecule has 0 bridgehead atoms. The highest BCUT2D eigenvalue weighted by Crippen LogP contribution is 2.48. The Morgan fingerprint density at radius 3 is 1.30 bits per heavy atom. The van der Waals surface area contributed by atoms with Crippen molar-refractivity contribution in [3.8, 4) is 0 Å². The lowest BCUT2D eigenvalue weighted by molar-refractivity contribution is 0.592. The third-order valence-electron chi connectivity index (χ3n) is 5.32. The van der Waals surface area contributed by atoms with Crippen LogP contribution in [-0.2, 0) is 4.57 Å². The summed E-state index contributed by atoms with van der Waals surface area (Å²) in [5.41, 5.74) is 5.53. The molecule has 0 aliphatic carbocycles. The minimum atomic E-state index is -3.00. The second-order valence-corrected chi connectivity index (χ2v) is 10.2. The van der Waals surface area contributed by atoms with Crippen LogP contribution in [0.15, 0.2) is 115 Å². The number of hydrogen-bond acceptors (Lipinski definition) is 1. The van der Waals surface area contributed by atoms with Gasteiger partial charge in [0, 0.05) is 10.6 Å². The van der Waals surface area contributed by atoms with E-state index in [-0.39, 0.29) is 0 Å². The molecule has 0 N–H and O–H groups in total. The number of hydrogen-bond donors (Lipinski definition) is 0. The lowest BCUT2D eigenvalue weighted by Gasteiger charge is -2.19. The monoisotopic (exact) mass is 408 g/mol. The summed E-state index contributed by atoms with van der Waals surface area (Å²) in [6, 6.07) is 36.5. The molecule has 0 aliphatic heterocycles. The van der Waals surface area contributed by atoms with Crippen molar-refractivity contribution in [1.82, 2.24) is 0 Å². The van der Waals surface area contributed by atoms with Crippen LogP contribution in [0.5, 0.6) is 0 Å². The molecule has 4 aromatic carbocycles. The Labute approximate surface area is 179 Å². The average molecular weight is 408 g/mol. The van der Waals surface area contributed by atoms with Gasteiger partial charge in [0.1, 0.15) is 0 Å². The Hall–Kier alpha value is -3.15. The van der Waals surface area contributed by atoms with Crippen LogP contribution in [-0.4, -0.2) is 0 Å². The number of rotatable bonds is 5. The molecular formula is C28H25OP. The van der Waals surface area contributed by atoms with E-state index in [1.165, 1.54) is 11.1 Å². The average Bonchev–Trinajstić information content (AvgIpc) is 2.80. The van der Waals surface area contributed by atoms with Gasteiger partial charge in [0.2, 0.25) is 0 Å². The van der Waals surface area contributed by atoms with Crippen molar-refractivity contribution >= 4 is 23.3 Å². The molecule has 0 aliphatic rings. The summed E-state index contributed by atoms with van der Waals surface area (Å²) >= 11 is 0. The van der Waals surface area contributed by atoms with E-state index < -0.39 is 7.14 Å². The smallest absolute Gasteiger partial charge is 0.164 e. The van der Waals surface area contributed by atoms with Crippen molar-refractivity contribution in [2.24, 2.45) is 0 Å².